The predicted octanol–water partition coefficient (Wildman–Crippen LogP) is 6.08. The quantitative estimate of drug-likeness (QED) is 0.195. The SMILES string of the molecule is CCOc1ccc(-n2c(SCC(=O)c3ccc(OC)cc3)nnc2-c2ccc(Br)cc2)cc1. The second kappa shape index (κ2) is 10.7. The highest BCUT2D eigenvalue weighted by molar-refractivity contribution is 9.10. The first-order valence-electron chi connectivity index (χ1n) is 10.3. The largest absolute Gasteiger partial charge is 0.497 e. The zero-order chi connectivity index (χ0) is 23.2. The van der Waals surface area contributed by atoms with Crippen LogP contribution in [0.4, 0.5) is 0 Å². The molecule has 0 spiro atoms. The lowest BCUT2D eigenvalue weighted by Gasteiger charge is -2.11. The summed E-state index contributed by atoms with van der Waals surface area (Å²) >= 11 is 4.83. The van der Waals surface area contributed by atoms with Gasteiger partial charge in [0.25, 0.3) is 0 Å². The van der Waals surface area contributed by atoms with Crippen molar-refractivity contribution in [1.82, 2.24) is 14.8 Å². The van der Waals surface area contributed by atoms with Crippen molar-refractivity contribution in [2.75, 3.05) is 19.5 Å². The molecule has 6 nitrogen and oxygen atoms in total. The molecule has 0 aliphatic rings. The van der Waals surface area contributed by atoms with Crippen molar-refractivity contribution in [2.24, 2.45) is 0 Å². The minimum atomic E-state index is 0.00842. The number of ether oxygens (including phenoxy) is 2. The molecule has 4 rings (SSSR count). The van der Waals surface area contributed by atoms with E-state index < -0.39 is 0 Å². The Labute approximate surface area is 205 Å². The summed E-state index contributed by atoms with van der Waals surface area (Å²) in [5, 5.41) is 9.48. The fourth-order valence-corrected chi connectivity index (χ4v) is 4.34. The number of benzene rings is 3. The molecule has 0 saturated carbocycles. The van der Waals surface area contributed by atoms with Gasteiger partial charge in [-0.05, 0) is 67.6 Å². The Morgan fingerprint density at radius 1 is 0.939 bits per heavy atom. The van der Waals surface area contributed by atoms with Crippen molar-refractivity contribution in [2.45, 2.75) is 12.1 Å². The Kier molecular flexibility index (Phi) is 7.47. The van der Waals surface area contributed by atoms with E-state index in [-0.39, 0.29) is 11.5 Å². The number of ketones is 1. The standard InChI is InChI=1S/C25H22BrN3O3S/c1-3-32-22-14-10-20(11-15-22)29-24(18-4-8-19(26)9-5-18)27-28-25(29)33-16-23(30)17-6-12-21(31-2)13-7-17/h4-15H,3,16H2,1-2H3. The molecule has 0 fully saturated rings. The normalized spacial score (nSPS) is 10.8. The van der Waals surface area contributed by atoms with E-state index in [1.165, 1.54) is 11.8 Å². The number of rotatable bonds is 9. The molecule has 1 aromatic heterocycles. The lowest BCUT2D eigenvalue weighted by Crippen LogP contribution is -2.05. The molecule has 0 atom stereocenters. The van der Waals surface area contributed by atoms with Gasteiger partial charge < -0.3 is 9.47 Å². The monoisotopic (exact) mass is 523 g/mol. The summed E-state index contributed by atoms with van der Waals surface area (Å²) in [7, 11) is 1.60. The van der Waals surface area contributed by atoms with Crippen molar-refractivity contribution in [1.29, 1.82) is 0 Å². The van der Waals surface area contributed by atoms with E-state index in [9.17, 15) is 4.79 Å². The van der Waals surface area contributed by atoms with Crippen LogP contribution < -0.4 is 9.47 Å². The molecule has 1 heterocycles. The van der Waals surface area contributed by atoms with Crippen LogP contribution in [-0.4, -0.2) is 40.0 Å². The number of Topliss-reactive ketones (excluding diaryl/α,β-unsaturated/α-hetero) is 1. The van der Waals surface area contributed by atoms with Crippen LogP contribution >= 0.6 is 27.7 Å². The minimum Gasteiger partial charge on any atom is -0.497 e. The number of nitrogens with zero attached hydrogens (tertiary/aromatic N) is 3. The molecule has 4 aromatic rings. The van der Waals surface area contributed by atoms with E-state index in [0.717, 1.165) is 21.5 Å². The van der Waals surface area contributed by atoms with Gasteiger partial charge in [-0.2, -0.15) is 0 Å². The number of methoxy groups -OCH3 is 1. The van der Waals surface area contributed by atoms with Crippen molar-refractivity contribution >= 4 is 33.5 Å². The zero-order valence-electron chi connectivity index (χ0n) is 18.2. The molecule has 0 aliphatic heterocycles. The molecular formula is C25H22BrN3O3S. The van der Waals surface area contributed by atoms with Crippen molar-refractivity contribution < 1.29 is 14.3 Å². The van der Waals surface area contributed by atoms with Gasteiger partial charge in [-0.15, -0.1) is 10.2 Å². The molecule has 168 valence electrons. The highest BCUT2D eigenvalue weighted by atomic mass is 79.9. The van der Waals surface area contributed by atoms with Gasteiger partial charge in [0.2, 0.25) is 0 Å². The molecule has 3 aromatic carbocycles. The summed E-state index contributed by atoms with van der Waals surface area (Å²) in [5.74, 6) is 2.46. The maximum atomic E-state index is 12.8. The molecule has 0 amide bonds. The summed E-state index contributed by atoms with van der Waals surface area (Å²) in [5.41, 5.74) is 2.44. The van der Waals surface area contributed by atoms with Gasteiger partial charge in [-0.3, -0.25) is 9.36 Å². The second-order valence-corrected chi connectivity index (χ2v) is 8.87. The molecule has 8 heteroatoms. The fraction of sp³-hybridized carbons (Fsp3) is 0.160. The molecule has 0 aliphatic carbocycles. The van der Waals surface area contributed by atoms with Crippen LogP contribution in [0.25, 0.3) is 17.1 Å². The van der Waals surface area contributed by atoms with E-state index in [0.29, 0.717) is 28.9 Å². The first kappa shape index (κ1) is 23.1. The van der Waals surface area contributed by atoms with E-state index in [1.54, 1.807) is 31.4 Å². The summed E-state index contributed by atoms with van der Waals surface area (Å²) < 4.78 is 13.7. The first-order valence-corrected chi connectivity index (χ1v) is 12.1. The summed E-state index contributed by atoms with van der Waals surface area (Å²) in [6.07, 6.45) is 0. The Hall–Kier alpha value is -3.10. The van der Waals surface area contributed by atoms with Crippen molar-refractivity contribution in [3.05, 3.63) is 82.8 Å². The van der Waals surface area contributed by atoms with Gasteiger partial charge in [0.15, 0.2) is 16.8 Å². The van der Waals surface area contributed by atoms with Gasteiger partial charge in [-0.1, -0.05) is 39.8 Å². The van der Waals surface area contributed by atoms with E-state index in [1.807, 2.05) is 60.0 Å². The van der Waals surface area contributed by atoms with Crippen LogP contribution in [0.15, 0.2) is 82.4 Å². The maximum absolute atomic E-state index is 12.8. The smallest absolute Gasteiger partial charge is 0.196 e. The lowest BCUT2D eigenvalue weighted by atomic mass is 10.1. The van der Waals surface area contributed by atoms with Crippen molar-refractivity contribution in [3.63, 3.8) is 0 Å². The number of hydrogen-bond acceptors (Lipinski definition) is 6. The average Bonchev–Trinajstić information content (AvgIpc) is 3.27. The average molecular weight is 524 g/mol. The second-order valence-electron chi connectivity index (χ2n) is 7.02. The van der Waals surface area contributed by atoms with Gasteiger partial charge >= 0.3 is 0 Å². The molecular weight excluding hydrogens is 502 g/mol. The Bertz CT molecular complexity index is 1220. The first-order chi connectivity index (χ1) is 16.1. The molecule has 0 unspecified atom stereocenters. The van der Waals surface area contributed by atoms with Crippen LogP contribution in [0.1, 0.15) is 17.3 Å². The summed E-state index contributed by atoms with van der Waals surface area (Å²) in [6.45, 7) is 2.55. The summed E-state index contributed by atoms with van der Waals surface area (Å²) in [4.78, 5) is 12.8. The topological polar surface area (TPSA) is 66.2 Å². The van der Waals surface area contributed by atoms with Crippen LogP contribution in [0.5, 0.6) is 11.5 Å². The number of carbonyl (C=O) groups is 1. The number of thioether (sulfide) groups is 1. The Morgan fingerprint density at radius 2 is 1.61 bits per heavy atom. The lowest BCUT2D eigenvalue weighted by molar-refractivity contribution is 0.102. The highest BCUT2D eigenvalue weighted by Crippen LogP contribution is 2.30. The summed E-state index contributed by atoms with van der Waals surface area (Å²) in [6, 6.07) is 22.8. The number of hydrogen-bond donors (Lipinski definition) is 0. The molecule has 0 saturated heterocycles. The van der Waals surface area contributed by atoms with E-state index in [4.69, 9.17) is 9.47 Å². The third-order valence-electron chi connectivity index (χ3n) is 4.89. The van der Waals surface area contributed by atoms with Gasteiger partial charge in [0.05, 0.1) is 19.5 Å². The van der Waals surface area contributed by atoms with E-state index >= 15 is 0 Å². The van der Waals surface area contributed by atoms with Crippen LogP contribution in [-0.2, 0) is 0 Å². The third-order valence-corrected chi connectivity index (χ3v) is 6.34. The molecule has 0 radical (unpaired) electrons. The zero-order valence-corrected chi connectivity index (χ0v) is 20.6. The fourth-order valence-electron chi connectivity index (χ4n) is 3.23. The van der Waals surface area contributed by atoms with Crippen LogP contribution in [0.2, 0.25) is 0 Å². The number of carbonyl (C=O) groups excluding carboxylic acids is 1. The van der Waals surface area contributed by atoms with Gasteiger partial charge in [0.1, 0.15) is 11.5 Å². The Balaban J connectivity index is 1.64. The minimum absolute atomic E-state index is 0.00842. The maximum Gasteiger partial charge on any atom is 0.196 e. The van der Waals surface area contributed by atoms with Crippen LogP contribution in [0.3, 0.4) is 0 Å². The molecule has 0 N–H and O–H groups in total. The van der Waals surface area contributed by atoms with E-state index in [2.05, 4.69) is 26.1 Å². The molecule has 33 heavy (non-hydrogen) atoms. The van der Waals surface area contributed by atoms with Crippen molar-refractivity contribution in [3.8, 4) is 28.6 Å². The Morgan fingerprint density at radius 3 is 2.24 bits per heavy atom. The third kappa shape index (κ3) is 5.46. The van der Waals surface area contributed by atoms with Crippen LogP contribution in [0, 0.1) is 0 Å². The number of halogens is 1. The van der Waals surface area contributed by atoms with Gasteiger partial charge in [-0.25, -0.2) is 0 Å². The van der Waals surface area contributed by atoms with Gasteiger partial charge in [0, 0.05) is 21.3 Å². The predicted molar refractivity (Wildman–Crippen MR) is 134 cm³/mol. The molecule has 0 bridgehead atoms. The highest BCUT2D eigenvalue weighted by Gasteiger charge is 2.18. The number of aromatic nitrogens is 3.